The van der Waals surface area contributed by atoms with E-state index in [1.165, 1.54) is 0 Å². The van der Waals surface area contributed by atoms with Crippen molar-refractivity contribution in [3.05, 3.63) is 41.4 Å². The first-order valence-electron chi connectivity index (χ1n) is 7.93. The van der Waals surface area contributed by atoms with Gasteiger partial charge in [0.1, 0.15) is 0 Å². The smallest absolute Gasteiger partial charge is 0.163 e. The lowest BCUT2D eigenvalue weighted by Crippen LogP contribution is -2.15. The van der Waals surface area contributed by atoms with Gasteiger partial charge < -0.3 is 14.4 Å². The number of ether oxygens (including phenoxy) is 2. The van der Waals surface area contributed by atoms with Crippen molar-refractivity contribution in [1.82, 2.24) is 9.88 Å². The van der Waals surface area contributed by atoms with Crippen LogP contribution < -0.4 is 9.47 Å². The van der Waals surface area contributed by atoms with Crippen molar-refractivity contribution in [2.75, 3.05) is 34.4 Å². The number of rotatable bonds is 6. The number of hydrogen-bond donors (Lipinski definition) is 0. The van der Waals surface area contributed by atoms with Gasteiger partial charge in [0.25, 0.3) is 0 Å². The van der Waals surface area contributed by atoms with Gasteiger partial charge in [-0.3, -0.25) is 0 Å². The lowest BCUT2D eigenvalue weighted by atomic mass is 10.1. The van der Waals surface area contributed by atoms with Crippen molar-refractivity contribution in [3.63, 3.8) is 0 Å². The van der Waals surface area contributed by atoms with Gasteiger partial charge in [0.05, 0.1) is 29.8 Å². The Kier molecular flexibility index (Phi) is 5.07. The number of halogens is 1. The third-order valence-corrected chi connectivity index (χ3v) is 4.31. The molecular formula is C19H21ClN2O2. The lowest BCUT2D eigenvalue weighted by Gasteiger charge is -2.14. The number of methoxy groups -OCH3 is 1. The van der Waals surface area contributed by atoms with E-state index in [-0.39, 0.29) is 0 Å². The maximum Gasteiger partial charge on any atom is 0.163 e. The van der Waals surface area contributed by atoms with Crippen LogP contribution >= 0.6 is 11.6 Å². The van der Waals surface area contributed by atoms with Crippen molar-refractivity contribution < 1.29 is 9.47 Å². The normalized spacial score (nSPS) is 11.4. The van der Waals surface area contributed by atoms with Gasteiger partial charge in [-0.1, -0.05) is 29.8 Å². The number of benzene rings is 2. The molecule has 0 saturated heterocycles. The molecule has 0 aliphatic rings. The first-order valence-corrected chi connectivity index (χ1v) is 8.31. The van der Waals surface area contributed by atoms with E-state index >= 15 is 0 Å². The number of fused-ring (bicyclic) bond motifs is 2. The highest BCUT2D eigenvalue weighted by molar-refractivity contribution is 6.40. The molecule has 0 aliphatic heterocycles. The summed E-state index contributed by atoms with van der Waals surface area (Å²) in [6.07, 6.45) is 0.945. The predicted molar refractivity (Wildman–Crippen MR) is 99.5 cm³/mol. The fourth-order valence-electron chi connectivity index (χ4n) is 2.68. The number of para-hydroxylation sites is 1. The highest BCUT2D eigenvalue weighted by atomic mass is 35.5. The zero-order valence-corrected chi connectivity index (χ0v) is 14.9. The van der Waals surface area contributed by atoms with E-state index in [9.17, 15) is 0 Å². The number of nitrogens with zero attached hydrogens (tertiary/aromatic N) is 2. The van der Waals surface area contributed by atoms with Crippen molar-refractivity contribution in [3.8, 4) is 11.5 Å². The van der Waals surface area contributed by atoms with Gasteiger partial charge >= 0.3 is 0 Å². The monoisotopic (exact) mass is 344 g/mol. The first-order chi connectivity index (χ1) is 11.6. The summed E-state index contributed by atoms with van der Waals surface area (Å²) >= 11 is 6.58. The van der Waals surface area contributed by atoms with Gasteiger partial charge in [-0.05, 0) is 32.6 Å². The average molecular weight is 345 g/mol. The SMILES string of the molecule is COc1cc2c(Cl)c3ccccc3nc2cc1OCCCN(C)C. The van der Waals surface area contributed by atoms with Crippen LogP contribution in [-0.4, -0.2) is 44.2 Å². The Morgan fingerprint density at radius 2 is 1.83 bits per heavy atom. The highest BCUT2D eigenvalue weighted by Gasteiger charge is 2.13. The quantitative estimate of drug-likeness (QED) is 0.491. The predicted octanol–water partition coefficient (Wildman–Crippen LogP) is 4.38. The minimum absolute atomic E-state index is 0.626. The molecule has 3 aromatic rings. The summed E-state index contributed by atoms with van der Waals surface area (Å²) in [6, 6.07) is 11.7. The summed E-state index contributed by atoms with van der Waals surface area (Å²) in [5.74, 6) is 1.37. The van der Waals surface area contributed by atoms with Gasteiger partial charge in [-0.15, -0.1) is 0 Å². The average Bonchev–Trinajstić information content (AvgIpc) is 2.58. The number of aromatic nitrogens is 1. The maximum atomic E-state index is 6.58. The van der Waals surface area contributed by atoms with Crippen LogP contribution in [0.4, 0.5) is 0 Å². The molecule has 1 aromatic heterocycles. The van der Waals surface area contributed by atoms with Gasteiger partial charge in [-0.25, -0.2) is 4.98 Å². The van der Waals surface area contributed by atoms with Gasteiger partial charge in [0.2, 0.25) is 0 Å². The summed E-state index contributed by atoms with van der Waals surface area (Å²) < 4.78 is 11.4. The second-order valence-electron chi connectivity index (χ2n) is 5.97. The Bertz CT molecular complexity index is 865. The molecule has 5 heteroatoms. The molecule has 0 aliphatic carbocycles. The zero-order valence-electron chi connectivity index (χ0n) is 14.2. The Hall–Kier alpha value is -2.04. The molecule has 0 saturated carbocycles. The molecule has 0 N–H and O–H groups in total. The van der Waals surface area contributed by atoms with Gasteiger partial charge in [0.15, 0.2) is 11.5 Å². The van der Waals surface area contributed by atoms with Crippen LogP contribution in [0, 0.1) is 0 Å². The van der Waals surface area contributed by atoms with E-state index in [0.29, 0.717) is 23.1 Å². The molecule has 0 atom stereocenters. The van der Waals surface area contributed by atoms with Gasteiger partial charge in [-0.2, -0.15) is 0 Å². The minimum Gasteiger partial charge on any atom is -0.493 e. The van der Waals surface area contributed by atoms with Crippen molar-refractivity contribution in [2.45, 2.75) is 6.42 Å². The Balaban J connectivity index is 1.99. The summed E-state index contributed by atoms with van der Waals surface area (Å²) in [5, 5.41) is 2.49. The molecule has 0 amide bonds. The molecule has 2 aromatic carbocycles. The van der Waals surface area contributed by atoms with Crippen molar-refractivity contribution >= 4 is 33.4 Å². The van der Waals surface area contributed by atoms with Crippen LogP contribution in [0.3, 0.4) is 0 Å². The summed E-state index contributed by atoms with van der Waals surface area (Å²) in [4.78, 5) is 6.84. The molecule has 0 radical (unpaired) electrons. The van der Waals surface area contributed by atoms with E-state index in [1.54, 1.807) is 7.11 Å². The van der Waals surface area contributed by atoms with E-state index in [2.05, 4.69) is 4.90 Å². The van der Waals surface area contributed by atoms with E-state index in [4.69, 9.17) is 26.1 Å². The molecule has 4 nitrogen and oxygen atoms in total. The van der Waals surface area contributed by atoms with Crippen LogP contribution in [-0.2, 0) is 0 Å². The largest absolute Gasteiger partial charge is 0.493 e. The lowest BCUT2D eigenvalue weighted by molar-refractivity contribution is 0.268. The van der Waals surface area contributed by atoms with Crippen LogP contribution in [0.2, 0.25) is 5.02 Å². The first kappa shape index (κ1) is 16.8. The fraction of sp³-hybridized carbons (Fsp3) is 0.316. The third kappa shape index (κ3) is 3.40. The van der Waals surface area contributed by atoms with E-state index < -0.39 is 0 Å². The molecule has 126 valence electrons. The number of hydrogen-bond acceptors (Lipinski definition) is 4. The van der Waals surface area contributed by atoms with Crippen molar-refractivity contribution in [1.29, 1.82) is 0 Å². The maximum absolute atomic E-state index is 6.58. The molecule has 0 unspecified atom stereocenters. The van der Waals surface area contributed by atoms with Crippen LogP contribution in [0.1, 0.15) is 6.42 Å². The highest BCUT2D eigenvalue weighted by Crippen LogP contribution is 2.37. The number of pyridine rings is 1. The molecule has 0 spiro atoms. The standard InChI is InChI=1S/C19H21ClN2O2/c1-22(2)9-6-10-24-18-12-16-14(11-17(18)23-3)19(20)13-7-4-5-8-15(13)21-16/h4-5,7-8,11-12H,6,9-10H2,1-3H3. The second kappa shape index (κ2) is 7.24. The van der Waals surface area contributed by atoms with Crippen molar-refractivity contribution in [2.24, 2.45) is 0 Å². The van der Waals surface area contributed by atoms with E-state index in [0.717, 1.165) is 34.8 Å². The summed E-state index contributed by atoms with van der Waals surface area (Å²) in [6.45, 7) is 1.60. The Labute approximate surface area is 146 Å². The molecule has 3 rings (SSSR count). The molecule has 0 bridgehead atoms. The molecule has 24 heavy (non-hydrogen) atoms. The van der Waals surface area contributed by atoms with Crippen LogP contribution in [0.25, 0.3) is 21.8 Å². The van der Waals surface area contributed by atoms with E-state index in [1.807, 2.05) is 50.5 Å². The third-order valence-electron chi connectivity index (χ3n) is 3.91. The topological polar surface area (TPSA) is 34.6 Å². The van der Waals surface area contributed by atoms with Gasteiger partial charge in [0, 0.05) is 23.4 Å². The Morgan fingerprint density at radius 1 is 1.04 bits per heavy atom. The minimum atomic E-state index is 0.626. The summed E-state index contributed by atoms with van der Waals surface area (Å²) in [7, 11) is 5.73. The fourth-order valence-corrected chi connectivity index (χ4v) is 3.00. The second-order valence-corrected chi connectivity index (χ2v) is 6.35. The Morgan fingerprint density at radius 3 is 2.58 bits per heavy atom. The van der Waals surface area contributed by atoms with Crippen LogP contribution in [0.5, 0.6) is 11.5 Å². The van der Waals surface area contributed by atoms with Crippen LogP contribution in [0.15, 0.2) is 36.4 Å². The molecular weight excluding hydrogens is 324 g/mol. The summed E-state index contributed by atoms with van der Waals surface area (Å²) in [5.41, 5.74) is 1.68. The zero-order chi connectivity index (χ0) is 17.1. The molecule has 1 heterocycles. The molecule has 0 fully saturated rings.